The summed E-state index contributed by atoms with van der Waals surface area (Å²) in [4.78, 5) is 2.42. The van der Waals surface area contributed by atoms with E-state index in [4.69, 9.17) is 10.5 Å². The van der Waals surface area contributed by atoms with E-state index in [2.05, 4.69) is 24.1 Å². The molecule has 0 amide bonds. The molecule has 0 aromatic carbocycles. The van der Waals surface area contributed by atoms with Crippen LogP contribution in [-0.2, 0) is 4.74 Å². The molecule has 0 aromatic heterocycles. The van der Waals surface area contributed by atoms with Crippen molar-refractivity contribution in [3.05, 3.63) is 35.1 Å². The highest BCUT2D eigenvalue weighted by Gasteiger charge is 2.66. The molecule has 5 aliphatic rings. The molecule has 22 heavy (non-hydrogen) atoms. The summed E-state index contributed by atoms with van der Waals surface area (Å²) in [5.74, 6) is 0.837. The Labute approximate surface area is 129 Å². The molecule has 2 bridgehead atoms. The Morgan fingerprint density at radius 3 is 3.05 bits per heavy atom. The van der Waals surface area contributed by atoms with Crippen LogP contribution in [0.25, 0.3) is 0 Å². The summed E-state index contributed by atoms with van der Waals surface area (Å²) >= 11 is 0. The van der Waals surface area contributed by atoms with Crippen molar-refractivity contribution in [1.82, 2.24) is 4.90 Å². The summed E-state index contributed by atoms with van der Waals surface area (Å²) < 4.78 is 6.13. The van der Waals surface area contributed by atoms with Crippen molar-refractivity contribution < 1.29 is 14.9 Å². The zero-order chi connectivity index (χ0) is 15.3. The molecule has 2 fully saturated rings. The van der Waals surface area contributed by atoms with Crippen molar-refractivity contribution in [2.45, 2.75) is 43.2 Å². The number of aliphatic hydroxyl groups is 2. The van der Waals surface area contributed by atoms with Gasteiger partial charge in [-0.1, -0.05) is 18.2 Å². The highest BCUT2D eigenvalue weighted by Crippen LogP contribution is 2.65. The highest BCUT2D eigenvalue weighted by atomic mass is 16.5. The molecule has 118 valence electrons. The first-order chi connectivity index (χ1) is 10.4. The lowest BCUT2D eigenvalue weighted by Crippen LogP contribution is -2.62. The van der Waals surface area contributed by atoms with Gasteiger partial charge in [0.2, 0.25) is 0 Å². The van der Waals surface area contributed by atoms with E-state index in [0.717, 1.165) is 25.0 Å². The van der Waals surface area contributed by atoms with Gasteiger partial charge < -0.3 is 19.8 Å². The Morgan fingerprint density at radius 1 is 1.41 bits per heavy atom. The Bertz CT molecular complexity index is 650. The van der Waals surface area contributed by atoms with Crippen LogP contribution in [0.3, 0.4) is 0 Å². The number of nitrogens with zero attached hydrogens (tertiary/aromatic N) is 1. The number of ether oxygens (including phenoxy) is 1. The van der Waals surface area contributed by atoms with E-state index in [9.17, 15) is 10.2 Å². The van der Waals surface area contributed by atoms with Gasteiger partial charge in [-0.05, 0) is 32.0 Å². The van der Waals surface area contributed by atoms with Gasteiger partial charge in [-0.2, -0.15) is 0 Å². The molecule has 5 nitrogen and oxygen atoms in total. The highest BCUT2D eigenvalue weighted by molar-refractivity contribution is 5.54. The minimum atomic E-state index is -1.44. The van der Waals surface area contributed by atoms with Crippen LogP contribution in [0.15, 0.2) is 35.1 Å². The normalized spacial score (nSPS) is 52.3. The first-order valence-corrected chi connectivity index (χ1v) is 8.14. The van der Waals surface area contributed by atoms with Crippen LogP contribution in [0.1, 0.15) is 19.3 Å². The molecule has 0 aromatic rings. The SMILES string of the molecule is CN1CC[C@]23C4=C5O[C@H]2[C@@H](O)C=C[C@H]3[C@H]1CC4=CCC5(N)O. The Hall–Kier alpha value is -1.14. The predicted octanol–water partition coefficient (Wildman–Crippen LogP) is 0.258. The summed E-state index contributed by atoms with van der Waals surface area (Å²) in [6.45, 7) is 0.981. The fourth-order valence-electron chi connectivity index (χ4n) is 5.52. The van der Waals surface area contributed by atoms with Crippen molar-refractivity contribution in [3.8, 4) is 0 Å². The number of nitrogens with two attached hydrogens (primary N) is 1. The molecule has 6 atom stereocenters. The Morgan fingerprint density at radius 2 is 2.23 bits per heavy atom. The summed E-state index contributed by atoms with van der Waals surface area (Å²) in [5, 5.41) is 21.1. The number of hydrogen-bond donors (Lipinski definition) is 3. The zero-order valence-corrected chi connectivity index (χ0v) is 12.7. The van der Waals surface area contributed by atoms with E-state index < -0.39 is 11.8 Å². The third-order valence-corrected chi connectivity index (χ3v) is 6.53. The van der Waals surface area contributed by atoms with Crippen LogP contribution in [0.5, 0.6) is 0 Å². The monoisotopic (exact) mass is 302 g/mol. The maximum absolute atomic E-state index is 10.6. The molecule has 1 unspecified atom stereocenters. The van der Waals surface area contributed by atoms with Crippen LogP contribution >= 0.6 is 0 Å². The number of aliphatic hydroxyl groups excluding tert-OH is 1. The molecule has 1 saturated heterocycles. The number of piperidine rings is 1. The summed E-state index contributed by atoms with van der Waals surface area (Å²) in [7, 11) is 2.18. The average molecular weight is 302 g/mol. The van der Waals surface area contributed by atoms with Gasteiger partial charge in [-0.25, -0.2) is 0 Å². The number of likely N-dealkylation sites (tertiary alicyclic amines) is 1. The molecular formula is C17H22N2O3. The fourth-order valence-corrected chi connectivity index (χ4v) is 5.52. The minimum absolute atomic E-state index is 0.224. The summed E-state index contributed by atoms with van der Waals surface area (Å²) in [6, 6.07) is 0.432. The van der Waals surface area contributed by atoms with E-state index in [0.29, 0.717) is 24.1 Å². The maximum Gasteiger partial charge on any atom is 0.175 e. The summed E-state index contributed by atoms with van der Waals surface area (Å²) in [6.07, 6.45) is 7.44. The molecule has 1 saturated carbocycles. The molecule has 2 heterocycles. The second kappa shape index (κ2) is 3.85. The molecule has 5 rings (SSSR count). The molecule has 0 radical (unpaired) electrons. The first-order valence-electron chi connectivity index (χ1n) is 8.14. The fraction of sp³-hybridized carbons (Fsp3) is 0.647. The van der Waals surface area contributed by atoms with Gasteiger partial charge in [0.1, 0.15) is 18.0 Å². The minimum Gasteiger partial charge on any atom is -0.486 e. The van der Waals surface area contributed by atoms with Gasteiger partial charge in [0.05, 0.1) is 0 Å². The largest absolute Gasteiger partial charge is 0.486 e. The Kier molecular flexibility index (Phi) is 2.33. The lowest BCUT2D eigenvalue weighted by Gasteiger charge is -2.58. The van der Waals surface area contributed by atoms with Crippen molar-refractivity contribution in [1.29, 1.82) is 0 Å². The van der Waals surface area contributed by atoms with Crippen LogP contribution in [-0.4, -0.2) is 52.7 Å². The van der Waals surface area contributed by atoms with Crippen molar-refractivity contribution in [2.75, 3.05) is 13.6 Å². The number of hydrogen-bond acceptors (Lipinski definition) is 5. The van der Waals surface area contributed by atoms with Crippen molar-refractivity contribution >= 4 is 0 Å². The third-order valence-electron chi connectivity index (χ3n) is 6.53. The molecule has 1 spiro atoms. The van der Waals surface area contributed by atoms with Gasteiger partial charge in [-0.15, -0.1) is 0 Å². The summed E-state index contributed by atoms with van der Waals surface area (Å²) in [5.41, 5.74) is 6.81. The van der Waals surface area contributed by atoms with E-state index in [-0.39, 0.29) is 11.5 Å². The predicted molar refractivity (Wildman–Crippen MR) is 80.5 cm³/mol. The second-order valence-electron chi connectivity index (χ2n) is 7.54. The maximum atomic E-state index is 10.6. The van der Waals surface area contributed by atoms with Crippen molar-refractivity contribution in [3.63, 3.8) is 0 Å². The van der Waals surface area contributed by atoms with Gasteiger partial charge in [0.15, 0.2) is 5.72 Å². The van der Waals surface area contributed by atoms with E-state index in [1.165, 1.54) is 5.57 Å². The van der Waals surface area contributed by atoms with Gasteiger partial charge >= 0.3 is 0 Å². The molecule has 3 aliphatic carbocycles. The van der Waals surface area contributed by atoms with Crippen LogP contribution < -0.4 is 5.73 Å². The van der Waals surface area contributed by atoms with Crippen LogP contribution in [0, 0.1) is 11.3 Å². The topological polar surface area (TPSA) is 79.0 Å². The number of rotatable bonds is 0. The zero-order valence-electron chi connectivity index (χ0n) is 12.7. The lowest BCUT2D eigenvalue weighted by atomic mass is 9.51. The third kappa shape index (κ3) is 1.31. The average Bonchev–Trinajstić information content (AvgIpc) is 2.83. The van der Waals surface area contributed by atoms with Crippen LogP contribution in [0.4, 0.5) is 0 Å². The molecule has 5 heteroatoms. The molecular weight excluding hydrogens is 280 g/mol. The molecule has 2 aliphatic heterocycles. The van der Waals surface area contributed by atoms with Crippen LogP contribution in [0.2, 0.25) is 0 Å². The standard InChI is InChI=1S/C17H22N2O3/c1-19-7-6-16-10-2-3-12(20)14(16)22-15-13(16)9(8-11(10)19)4-5-17(15,18)21/h2-4,10-12,14,20-21H,5-8,18H2,1H3/t10-,11+,12-,14-,16-,17?/m0/s1. The van der Waals surface area contributed by atoms with Gasteiger partial charge in [0.25, 0.3) is 0 Å². The Balaban J connectivity index is 1.78. The van der Waals surface area contributed by atoms with Crippen molar-refractivity contribution in [2.24, 2.45) is 17.1 Å². The molecule has 4 N–H and O–H groups in total. The second-order valence-corrected chi connectivity index (χ2v) is 7.54. The van der Waals surface area contributed by atoms with E-state index in [1.54, 1.807) is 0 Å². The van der Waals surface area contributed by atoms with Gasteiger partial charge in [-0.3, -0.25) is 5.73 Å². The quantitative estimate of drug-likeness (QED) is 0.442. The first kappa shape index (κ1) is 13.3. The smallest absolute Gasteiger partial charge is 0.175 e. The lowest BCUT2D eigenvalue weighted by molar-refractivity contribution is -0.102. The van der Waals surface area contributed by atoms with E-state index in [1.807, 2.05) is 6.08 Å². The van der Waals surface area contributed by atoms with E-state index >= 15 is 0 Å². The van der Waals surface area contributed by atoms with Gasteiger partial charge in [0, 0.05) is 29.4 Å².